The second-order valence-electron chi connectivity index (χ2n) is 7.10. The summed E-state index contributed by atoms with van der Waals surface area (Å²) in [5.41, 5.74) is 0. The van der Waals surface area contributed by atoms with Crippen LogP contribution in [0, 0.1) is 0 Å². The summed E-state index contributed by atoms with van der Waals surface area (Å²) in [6.45, 7) is 3.11. The topological polar surface area (TPSA) is 80.6 Å². The molecule has 2 aliphatic heterocycles. The molecule has 0 saturated carbocycles. The Labute approximate surface area is 159 Å². The molecule has 0 radical (unpaired) electrons. The SMILES string of the molecule is COc1ccccc1S(=O)(=O)N1CCCC1c1nnc2n1CCN(C)CC2. The van der Waals surface area contributed by atoms with Gasteiger partial charge in [0.05, 0.1) is 13.2 Å². The van der Waals surface area contributed by atoms with E-state index in [1.165, 1.54) is 7.11 Å². The molecule has 0 aliphatic carbocycles. The number of hydrogen-bond acceptors (Lipinski definition) is 6. The van der Waals surface area contributed by atoms with E-state index in [1.54, 1.807) is 28.6 Å². The van der Waals surface area contributed by atoms with Crippen LogP contribution < -0.4 is 4.74 Å². The smallest absolute Gasteiger partial charge is 0.247 e. The summed E-state index contributed by atoms with van der Waals surface area (Å²) in [6, 6.07) is 6.48. The predicted molar refractivity (Wildman–Crippen MR) is 100 cm³/mol. The maximum atomic E-state index is 13.4. The molecule has 0 spiro atoms. The lowest BCUT2D eigenvalue weighted by molar-refractivity contribution is 0.330. The first-order valence-electron chi connectivity index (χ1n) is 9.27. The Balaban J connectivity index is 1.71. The fraction of sp³-hybridized carbons (Fsp3) is 0.556. The number of fused-ring (bicyclic) bond motifs is 1. The van der Waals surface area contributed by atoms with Crippen LogP contribution in [0.15, 0.2) is 29.2 Å². The summed E-state index contributed by atoms with van der Waals surface area (Å²) in [4.78, 5) is 2.46. The van der Waals surface area contributed by atoms with Gasteiger partial charge in [-0.3, -0.25) is 0 Å². The van der Waals surface area contributed by atoms with Crippen molar-refractivity contribution < 1.29 is 13.2 Å². The molecule has 3 heterocycles. The van der Waals surface area contributed by atoms with Gasteiger partial charge in [-0.25, -0.2) is 8.42 Å². The summed E-state index contributed by atoms with van der Waals surface area (Å²) >= 11 is 0. The van der Waals surface area contributed by atoms with Crippen LogP contribution in [-0.4, -0.2) is 66.2 Å². The van der Waals surface area contributed by atoms with Crippen LogP contribution in [0.3, 0.4) is 0 Å². The Kier molecular flexibility index (Phi) is 4.92. The summed E-state index contributed by atoms with van der Waals surface area (Å²) in [5.74, 6) is 2.07. The first-order chi connectivity index (χ1) is 13.0. The van der Waals surface area contributed by atoms with Crippen LogP contribution in [0.5, 0.6) is 5.75 Å². The van der Waals surface area contributed by atoms with Crippen molar-refractivity contribution in [3.05, 3.63) is 35.9 Å². The molecule has 146 valence electrons. The molecule has 4 rings (SSSR count). The minimum atomic E-state index is -3.69. The Hall–Kier alpha value is -1.97. The molecule has 27 heavy (non-hydrogen) atoms. The van der Waals surface area contributed by atoms with Crippen molar-refractivity contribution in [1.82, 2.24) is 24.0 Å². The highest BCUT2D eigenvalue weighted by atomic mass is 32.2. The fourth-order valence-corrected chi connectivity index (χ4v) is 5.75. The molecule has 2 aromatic rings. The number of hydrogen-bond donors (Lipinski definition) is 0. The molecule has 8 nitrogen and oxygen atoms in total. The minimum absolute atomic E-state index is 0.203. The zero-order chi connectivity index (χ0) is 19.0. The number of benzene rings is 1. The van der Waals surface area contributed by atoms with Crippen LogP contribution in [0.1, 0.15) is 30.5 Å². The third kappa shape index (κ3) is 3.24. The number of likely N-dealkylation sites (N-methyl/N-ethyl adjacent to an activating group) is 1. The standard InChI is InChI=1S/C18H25N5O3S/c1-21-11-9-17-19-20-18(22(17)13-12-21)14-6-5-10-23(14)27(24,25)16-8-4-3-7-15(16)26-2/h3-4,7-8,14H,5-6,9-13H2,1-2H3. The van der Waals surface area contributed by atoms with Gasteiger partial charge < -0.3 is 14.2 Å². The van der Waals surface area contributed by atoms with Gasteiger partial charge in [-0.15, -0.1) is 10.2 Å². The largest absolute Gasteiger partial charge is 0.495 e. The van der Waals surface area contributed by atoms with Gasteiger partial charge in [-0.05, 0) is 32.0 Å². The molecular weight excluding hydrogens is 366 g/mol. The van der Waals surface area contributed by atoms with E-state index in [1.807, 2.05) is 0 Å². The molecule has 0 N–H and O–H groups in total. The van der Waals surface area contributed by atoms with E-state index in [9.17, 15) is 8.42 Å². The molecule has 2 aliphatic rings. The number of ether oxygens (including phenoxy) is 1. The van der Waals surface area contributed by atoms with Crippen molar-refractivity contribution in [3.8, 4) is 5.75 Å². The molecule has 0 amide bonds. The monoisotopic (exact) mass is 391 g/mol. The first-order valence-corrected chi connectivity index (χ1v) is 10.7. The van der Waals surface area contributed by atoms with Crippen molar-refractivity contribution in [2.45, 2.75) is 36.7 Å². The third-order valence-corrected chi connectivity index (χ3v) is 7.38. The van der Waals surface area contributed by atoms with Crippen LogP contribution in [0.25, 0.3) is 0 Å². The van der Waals surface area contributed by atoms with Gasteiger partial charge in [0.2, 0.25) is 10.0 Å². The van der Waals surface area contributed by atoms with Crippen molar-refractivity contribution in [2.75, 3.05) is 33.8 Å². The normalized spacial score (nSPS) is 21.8. The van der Waals surface area contributed by atoms with Gasteiger partial charge in [0.1, 0.15) is 16.5 Å². The second kappa shape index (κ2) is 7.21. The highest BCUT2D eigenvalue weighted by Crippen LogP contribution is 2.38. The molecule has 1 fully saturated rings. The second-order valence-corrected chi connectivity index (χ2v) is 8.96. The summed E-state index contributed by atoms with van der Waals surface area (Å²) in [6.07, 6.45) is 2.39. The number of aromatic nitrogens is 3. The van der Waals surface area contributed by atoms with Crippen LogP contribution in [-0.2, 0) is 23.0 Å². The summed E-state index contributed by atoms with van der Waals surface area (Å²) in [7, 11) is -0.105. The zero-order valence-electron chi connectivity index (χ0n) is 15.7. The number of methoxy groups -OCH3 is 1. The van der Waals surface area contributed by atoms with Crippen molar-refractivity contribution in [3.63, 3.8) is 0 Å². The van der Waals surface area contributed by atoms with E-state index < -0.39 is 10.0 Å². The molecule has 1 atom stereocenters. The lowest BCUT2D eigenvalue weighted by Gasteiger charge is -2.25. The van der Waals surface area contributed by atoms with Gasteiger partial charge in [0.25, 0.3) is 0 Å². The maximum Gasteiger partial charge on any atom is 0.247 e. The van der Waals surface area contributed by atoms with Gasteiger partial charge in [-0.2, -0.15) is 4.31 Å². The van der Waals surface area contributed by atoms with Crippen molar-refractivity contribution in [1.29, 1.82) is 0 Å². The quantitative estimate of drug-likeness (QED) is 0.782. The van der Waals surface area contributed by atoms with Crippen LogP contribution in [0.2, 0.25) is 0 Å². The van der Waals surface area contributed by atoms with E-state index in [0.717, 1.165) is 50.5 Å². The molecule has 1 aromatic heterocycles. The molecule has 1 aromatic carbocycles. The van der Waals surface area contributed by atoms with Crippen molar-refractivity contribution >= 4 is 10.0 Å². The molecule has 0 bridgehead atoms. The Morgan fingerprint density at radius 1 is 1.11 bits per heavy atom. The third-order valence-electron chi connectivity index (χ3n) is 5.44. The van der Waals surface area contributed by atoms with Crippen molar-refractivity contribution in [2.24, 2.45) is 0 Å². The number of para-hydroxylation sites is 1. The van der Waals surface area contributed by atoms with E-state index >= 15 is 0 Å². The lowest BCUT2D eigenvalue weighted by atomic mass is 10.2. The minimum Gasteiger partial charge on any atom is -0.495 e. The summed E-state index contributed by atoms with van der Waals surface area (Å²) in [5, 5.41) is 8.76. The van der Waals surface area contributed by atoms with Gasteiger partial charge >= 0.3 is 0 Å². The van der Waals surface area contributed by atoms with Gasteiger partial charge in [0, 0.05) is 32.6 Å². The number of sulfonamides is 1. The summed E-state index contributed by atoms with van der Waals surface area (Å²) < 4.78 is 35.7. The predicted octanol–water partition coefficient (Wildman–Crippen LogP) is 1.30. The Morgan fingerprint density at radius 2 is 1.93 bits per heavy atom. The maximum absolute atomic E-state index is 13.4. The van der Waals surface area contributed by atoms with Crippen LogP contribution >= 0.6 is 0 Å². The van der Waals surface area contributed by atoms with E-state index in [2.05, 4.69) is 26.7 Å². The molecular formula is C18H25N5O3S. The average molecular weight is 391 g/mol. The average Bonchev–Trinajstić information content (AvgIpc) is 3.27. The molecule has 1 unspecified atom stereocenters. The van der Waals surface area contributed by atoms with E-state index in [-0.39, 0.29) is 10.9 Å². The highest BCUT2D eigenvalue weighted by Gasteiger charge is 2.40. The highest BCUT2D eigenvalue weighted by molar-refractivity contribution is 7.89. The number of rotatable bonds is 4. The zero-order valence-corrected chi connectivity index (χ0v) is 16.5. The Morgan fingerprint density at radius 3 is 2.74 bits per heavy atom. The van der Waals surface area contributed by atoms with E-state index in [0.29, 0.717) is 12.3 Å². The van der Waals surface area contributed by atoms with Crippen LogP contribution in [0.4, 0.5) is 0 Å². The molecule has 1 saturated heterocycles. The lowest BCUT2D eigenvalue weighted by Crippen LogP contribution is -2.33. The van der Waals surface area contributed by atoms with Gasteiger partial charge in [-0.1, -0.05) is 12.1 Å². The number of nitrogens with zero attached hydrogens (tertiary/aromatic N) is 5. The molecule has 9 heteroatoms. The first kappa shape index (κ1) is 18.4. The van der Waals surface area contributed by atoms with E-state index in [4.69, 9.17) is 4.74 Å². The fourth-order valence-electron chi connectivity index (χ4n) is 3.94. The Bertz CT molecular complexity index is 927. The van der Waals surface area contributed by atoms with Gasteiger partial charge in [0.15, 0.2) is 5.82 Å².